The number of halogens is 4. The lowest BCUT2D eigenvalue weighted by molar-refractivity contribution is -0.174. The average molecular weight is 356 g/mol. The molecule has 0 bridgehead atoms. The number of carbonyl (C=O) groups excluding carboxylic acids is 1. The minimum atomic E-state index is -1.85. The van der Waals surface area contributed by atoms with E-state index in [9.17, 15) is 18.0 Å². The van der Waals surface area contributed by atoms with Crippen LogP contribution < -0.4 is 4.74 Å². The number of ether oxygens (including phenoxy) is 1. The quantitative estimate of drug-likeness (QED) is 0.581. The van der Waals surface area contributed by atoms with Crippen molar-refractivity contribution in [1.29, 1.82) is 0 Å². The van der Waals surface area contributed by atoms with Gasteiger partial charge in [0.25, 0.3) is 5.91 Å². The van der Waals surface area contributed by atoms with Crippen LogP contribution in [0, 0.1) is 11.6 Å². The summed E-state index contributed by atoms with van der Waals surface area (Å²) in [7, 11) is 2.49. The van der Waals surface area contributed by atoms with Crippen LogP contribution in [0.25, 0.3) is 0 Å². The molecule has 1 atom stereocenters. The Morgan fingerprint density at radius 3 is 2.70 bits per heavy atom. The van der Waals surface area contributed by atoms with Crippen molar-refractivity contribution in [2.45, 2.75) is 12.6 Å². The summed E-state index contributed by atoms with van der Waals surface area (Å²) in [5.74, 6) is -3.47. The molecular formula is C12H13BrF3NO3. The molecule has 0 fully saturated rings. The molecule has 0 radical (unpaired) electrons. The Labute approximate surface area is 122 Å². The van der Waals surface area contributed by atoms with E-state index in [0.717, 1.165) is 11.1 Å². The summed E-state index contributed by atoms with van der Waals surface area (Å²) in [5, 5.41) is 0.740. The van der Waals surface area contributed by atoms with E-state index < -0.39 is 23.7 Å². The number of benzene rings is 1. The smallest absolute Gasteiger partial charge is 0.280 e. The van der Waals surface area contributed by atoms with E-state index in [4.69, 9.17) is 4.74 Å². The monoisotopic (exact) mass is 355 g/mol. The molecule has 112 valence electrons. The molecule has 0 aliphatic carbocycles. The lowest BCUT2D eigenvalue weighted by Gasteiger charge is -2.16. The Balaban J connectivity index is 2.55. The fraction of sp³-hybridized carbons (Fsp3) is 0.417. The first-order valence-corrected chi connectivity index (χ1v) is 6.39. The Hall–Kier alpha value is -1.28. The van der Waals surface area contributed by atoms with E-state index >= 15 is 0 Å². The van der Waals surface area contributed by atoms with Gasteiger partial charge < -0.3 is 4.74 Å². The third-order valence-electron chi connectivity index (χ3n) is 2.44. The zero-order chi connectivity index (χ0) is 15.3. The molecule has 0 heterocycles. The molecule has 8 heteroatoms. The molecule has 0 N–H and O–H groups in total. The number of alkyl halides is 1. The molecule has 0 aliphatic rings. The number of amides is 1. The molecule has 4 nitrogen and oxygen atoms in total. The van der Waals surface area contributed by atoms with Crippen molar-refractivity contribution < 1.29 is 27.5 Å². The topological polar surface area (TPSA) is 38.8 Å². The minimum Gasteiger partial charge on any atom is -0.490 e. The van der Waals surface area contributed by atoms with Crippen LogP contribution >= 0.6 is 15.9 Å². The fourth-order valence-corrected chi connectivity index (χ4v) is 1.73. The molecule has 1 amide bonds. The van der Waals surface area contributed by atoms with E-state index in [1.165, 1.54) is 20.2 Å². The van der Waals surface area contributed by atoms with Gasteiger partial charge in [0, 0.05) is 17.9 Å². The molecule has 0 saturated heterocycles. The number of carbonyl (C=O) groups is 1. The van der Waals surface area contributed by atoms with Crippen molar-refractivity contribution >= 4 is 21.8 Å². The first-order chi connectivity index (χ1) is 9.36. The minimum absolute atomic E-state index is 0.280. The summed E-state index contributed by atoms with van der Waals surface area (Å²) in [6.07, 6.45) is -2.15. The third kappa shape index (κ3) is 4.38. The van der Waals surface area contributed by atoms with Crippen LogP contribution in [0.15, 0.2) is 16.6 Å². The molecule has 0 spiro atoms. The predicted octanol–water partition coefficient (Wildman–Crippen LogP) is 2.85. The van der Waals surface area contributed by atoms with Gasteiger partial charge in [-0.3, -0.25) is 9.63 Å². The van der Waals surface area contributed by atoms with Gasteiger partial charge in [-0.2, -0.15) is 4.39 Å². The Morgan fingerprint density at radius 2 is 2.10 bits per heavy atom. The molecule has 0 aromatic heterocycles. The maximum absolute atomic E-state index is 13.5. The number of nitrogens with zero attached hydrogens (tertiary/aromatic N) is 1. The summed E-state index contributed by atoms with van der Waals surface area (Å²) in [6.45, 7) is -0.280. The molecule has 1 aromatic carbocycles. The van der Waals surface area contributed by atoms with Crippen LogP contribution in [-0.4, -0.2) is 37.9 Å². The normalized spacial score (nSPS) is 12.1. The highest BCUT2D eigenvalue weighted by molar-refractivity contribution is 9.10. The second-order valence-corrected chi connectivity index (χ2v) is 4.74. The Kier molecular flexibility index (Phi) is 6.28. The van der Waals surface area contributed by atoms with Crippen molar-refractivity contribution in [2.24, 2.45) is 0 Å². The van der Waals surface area contributed by atoms with Crippen molar-refractivity contribution in [3.8, 4) is 5.75 Å². The standard InChI is InChI=1S/C12H13BrF3NO3/c1-17(19-2)12(18)8(14)3-4-20-10-6-7(13)5-9(15)11(10)16/h5-6,8H,3-4H2,1-2H3. The summed E-state index contributed by atoms with van der Waals surface area (Å²) in [6, 6.07) is 2.16. The van der Waals surface area contributed by atoms with Crippen LogP contribution in [0.2, 0.25) is 0 Å². The number of hydrogen-bond donors (Lipinski definition) is 0. The van der Waals surface area contributed by atoms with Gasteiger partial charge >= 0.3 is 0 Å². The van der Waals surface area contributed by atoms with Crippen LogP contribution in [-0.2, 0) is 9.63 Å². The fourth-order valence-electron chi connectivity index (χ4n) is 1.32. The zero-order valence-corrected chi connectivity index (χ0v) is 12.4. The van der Waals surface area contributed by atoms with Gasteiger partial charge in [0.1, 0.15) is 0 Å². The van der Waals surface area contributed by atoms with Crippen molar-refractivity contribution in [3.63, 3.8) is 0 Å². The third-order valence-corrected chi connectivity index (χ3v) is 2.90. The van der Waals surface area contributed by atoms with Gasteiger partial charge in [-0.15, -0.1) is 0 Å². The number of rotatable bonds is 6. The largest absolute Gasteiger partial charge is 0.490 e. The first kappa shape index (κ1) is 16.8. The van der Waals surface area contributed by atoms with Crippen LogP contribution in [0.4, 0.5) is 13.2 Å². The van der Waals surface area contributed by atoms with Gasteiger partial charge in [0.15, 0.2) is 17.7 Å². The number of hydrogen-bond acceptors (Lipinski definition) is 3. The van der Waals surface area contributed by atoms with E-state index in [0.29, 0.717) is 4.47 Å². The highest BCUT2D eigenvalue weighted by Crippen LogP contribution is 2.25. The van der Waals surface area contributed by atoms with Gasteiger partial charge in [0.05, 0.1) is 13.7 Å². The van der Waals surface area contributed by atoms with Crippen LogP contribution in [0.3, 0.4) is 0 Å². The molecule has 20 heavy (non-hydrogen) atoms. The van der Waals surface area contributed by atoms with Crippen LogP contribution in [0.5, 0.6) is 5.75 Å². The maximum Gasteiger partial charge on any atom is 0.280 e. The van der Waals surface area contributed by atoms with Gasteiger partial charge in [-0.1, -0.05) is 15.9 Å². The first-order valence-electron chi connectivity index (χ1n) is 5.60. The average Bonchev–Trinajstić information content (AvgIpc) is 2.41. The van der Waals surface area contributed by atoms with Gasteiger partial charge in [0.2, 0.25) is 5.82 Å². The van der Waals surface area contributed by atoms with Crippen molar-refractivity contribution in [3.05, 3.63) is 28.2 Å². The molecule has 1 unspecified atom stereocenters. The molecule has 0 aliphatic heterocycles. The summed E-state index contributed by atoms with van der Waals surface area (Å²) < 4.78 is 45.1. The lowest BCUT2D eigenvalue weighted by Crippen LogP contribution is -2.34. The predicted molar refractivity (Wildman–Crippen MR) is 68.8 cm³/mol. The van der Waals surface area contributed by atoms with E-state index in [2.05, 4.69) is 20.8 Å². The van der Waals surface area contributed by atoms with E-state index in [1.807, 2.05) is 0 Å². The molecular weight excluding hydrogens is 343 g/mol. The second kappa shape index (κ2) is 7.49. The summed E-state index contributed by atoms with van der Waals surface area (Å²) >= 11 is 2.98. The summed E-state index contributed by atoms with van der Waals surface area (Å²) in [5.41, 5.74) is 0. The zero-order valence-electron chi connectivity index (χ0n) is 10.8. The Morgan fingerprint density at radius 1 is 1.45 bits per heavy atom. The van der Waals surface area contributed by atoms with Crippen molar-refractivity contribution in [2.75, 3.05) is 20.8 Å². The SMILES string of the molecule is CON(C)C(=O)C(F)CCOc1cc(Br)cc(F)c1F. The van der Waals surface area contributed by atoms with Gasteiger partial charge in [-0.25, -0.2) is 13.8 Å². The van der Waals surface area contributed by atoms with E-state index in [-0.39, 0.29) is 18.8 Å². The molecule has 1 aromatic rings. The highest BCUT2D eigenvalue weighted by Gasteiger charge is 2.22. The lowest BCUT2D eigenvalue weighted by atomic mass is 10.2. The molecule has 1 rings (SSSR count). The highest BCUT2D eigenvalue weighted by atomic mass is 79.9. The van der Waals surface area contributed by atoms with E-state index in [1.54, 1.807) is 0 Å². The maximum atomic E-state index is 13.5. The van der Waals surface area contributed by atoms with Crippen molar-refractivity contribution in [1.82, 2.24) is 5.06 Å². The summed E-state index contributed by atoms with van der Waals surface area (Å²) in [4.78, 5) is 15.9. The number of hydroxylamine groups is 2. The molecule has 0 saturated carbocycles. The Bertz CT molecular complexity index is 487. The van der Waals surface area contributed by atoms with Crippen LogP contribution in [0.1, 0.15) is 6.42 Å². The van der Waals surface area contributed by atoms with Gasteiger partial charge in [-0.05, 0) is 12.1 Å². The second-order valence-electron chi connectivity index (χ2n) is 3.82.